The molecule has 1 amide bonds. The molecule has 5 nitrogen and oxygen atoms in total. The summed E-state index contributed by atoms with van der Waals surface area (Å²) in [6.45, 7) is 6.97. The number of piperazine rings is 1. The molecule has 0 bridgehead atoms. The Labute approximate surface area is 172 Å². The lowest BCUT2D eigenvalue weighted by Gasteiger charge is -2.34. The van der Waals surface area contributed by atoms with Crippen LogP contribution in [0.3, 0.4) is 0 Å². The number of carbonyl (C=O) groups excluding carboxylic acids is 1. The van der Waals surface area contributed by atoms with E-state index in [0.29, 0.717) is 36.1 Å². The van der Waals surface area contributed by atoms with Gasteiger partial charge in [0.25, 0.3) is 0 Å². The van der Waals surface area contributed by atoms with Gasteiger partial charge in [-0.15, -0.1) is 0 Å². The van der Waals surface area contributed by atoms with Gasteiger partial charge in [-0.3, -0.25) is 4.79 Å². The zero-order valence-electron chi connectivity index (χ0n) is 16.4. The van der Waals surface area contributed by atoms with E-state index in [1.54, 1.807) is 11.0 Å². The molecule has 1 heterocycles. The summed E-state index contributed by atoms with van der Waals surface area (Å²) >= 11 is 6.14. The highest BCUT2D eigenvalue weighted by molar-refractivity contribution is 7.89. The van der Waals surface area contributed by atoms with Gasteiger partial charge in [0, 0.05) is 31.2 Å². The molecule has 0 aliphatic carbocycles. The van der Waals surface area contributed by atoms with Gasteiger partial charge in [0.15, 0.2) is 0 Å². The van der Waals surface area contributed by atoms with Crippen LogP contribution in [0.5, 0.6) is 0 Å². The Hall–Kier alpha value is -1.89. The van der Waals surface area contributed by atoms with Crippen molar-refractivity contribution in [3.05, 3.63) is 63.7 Å². The molecule has 0 saturated carbocycles. The first-order valence-corrected chi connectivity index (χ1v) is 11.1. The summed E-state index contributed by atoms with van der Waals surface area (Å²) in [6, 6.07) is 11.1. The smallest absolute Gasteiger partial charge is 0.243 e. The zero-order chi connectivity index (χ0) is 20.5. The highest BCUT2D eigenvalue weighted by Crippen LogP contribution is 2.26. The minimum atomic E-state index is -3.58. The lowest BCUT2D eigenvalue weighted by Crippen LogP contribution is -2.51. The third-order valence-corrected chi connectivity index (χ3v) is 7.67. The number of aryl methyl sites for hydroxylation is 3. The van der Waals surface area contributed by atoms with Crippen LogP contribution in [0.2, 0.25) is 5.02 Å². The van der Waals surface area contributed by atoms with E-state index in [9.17, 15) is 13.2 Å². The van der Waals surface area contributed by atoms with Crippen molar-refractivity contribution >= 4 is 27.5 Å². The first-order chi connectivity index (χ1) is 13.2. The number of nitrogens with zero attached hydrogens (tertiary/aromatic N) is 2. The first kappa shape index (κ1) is 20.8. The van der Waals surface area contributed by atoms with Gasteiger partial charge in [0.05, 0.1) is 11.3 Å². The molecule has 0 atom stereocenters. The zero-order valence-corrected chi connectivity index (χ0v) is 18.0. The molecule has 0 unspecified atom stereocenters. The average Bonchev–Trinajstić information content (AvgIpc) is 2.62. The lowest BCUT2D eigenvalue weighted by atomic mass is 10.1. The minimum Gasteiger partial charge on any atom is -0.340 e. The second-order valence-electron chi connectivity index (χ2n) is 7.28. The summed E-state index contributed by atoms with van der Waals surface area (Å²) in [4.78, 5) is 14.7. The number of sulfonamides is 1. The van der Waals surface area contributed by atoms with E-state index in [1.165, 1.54) is 4.31 Å². The van der Waals surface area contributed by atoms with E-state index < -0.39 is 10.0 Å². The second kappa shape index (κ2) is 8.23. The largest absolute Gasteiger partial charge is 0.340 e. The Morgan fingerprint density at radius 3 is 2.14 bits per heavy atom. The van der Waals surface area contributed by atoms with Crippen LogP contribution in [0.1, 0.15) is 22.3 Å². The fourth-order valence-corrected chi connectivity index (χ4v) is 5.83. The summed E-state index contributed by atoms with van der Waals surface area (Å²) in [5.41, 5.74) is 3.35. The number of carbonyl (C=O) groups is 1. The Bertz CT molecular complexity index is 973. The summed E-state index contributed by atoms with van der Waals surface area (Å²) in [6.07, 6.45) is 0.225. The standard InChI is InChI=1S/C21H25ClN2O3S/c1-15-12-16(2)21(17(3)13-15)28(26,27)24-10-8-23(9-11-24)20(25)14-18-6-4-5-7-19(18)22/h4-7,12-13H,8-11,14H2,1-3H3. The fourth-order valence-electron chi connectivity index (χ4n) is 3.80. The predicted octanol–water partition coefficient (Wildman–Crippen LogP) is 3.34. The molecule has 28 heavy (non-hydrogen) atoms. The van der Waals surface area contributed by atoms with E-state index >= 15 is 0 Å². The molecule has 0 spiro atoms. The highest BCUT2D eigenvalue weighted by Gasteiger charge is 2.32. The van der Waals surface area contributed by atoms with Gasteiger partial charge >= 0.3 is 0 Å². The van der Waals surface area contributed by atoms with Crippen LogP contribution < -0.4 is 0 Å². The molecule has 7 heteroatoms. The molecule has 1 saturated heterocycles. The fraction of sp³-hybridized carbons (Fsp3) is 0.381. The number of benzene rings is 2. The van der Waals surface area contributed by atoms with E-state index in [2.05, 4.69) is 0 Å². The first-order valence-electron chi connectivity index (χ1n) is 9.29. The van der Waals surface area contributed by atoms with Crippen LogP contribution >= 0.6 is 11.6 Å². The Kier molecular flexibility index (Phi) is 6.12. The van der Waals surface area contributed by atoms with E-state index in [-0.39, 0.29) is 12.3 Å². The molecule has 1 aliphatic rings. The molecule has 150 valence electrons. The van der Waals surface area contributed by atoms with Crippen molar-refractivity contribution in [2.24, 2.45) is 0 Å². The number of hydrogen-bond acceptors (Lipinski definition) is 3. The Balaban J connectivity index is 1.70. The molecule has 1 aliphatic heterocycles. The van der Waals surface area contributed by atoms with Crippen LogP contribution in [-0.2, 0) is 21.2 Å². The van der Waals surface area contributed by atoms with Gasteiger partial charge in [0.2, 0.25) is 15.9 Å². The number of hydrogen-bond donors (Lipinski definition) is 0. The van der Waals surface area contributed by atoms with Crippen LogP contribution in [0, 0.1) is 20.8 Å². The van der Waals surface area contributed by atoms with Gasteiger partial charge in [-0.25, -0.2) is 8.42 Å². The second-order valence-corrected chi connectivity index (χ2v) is 9.56. The summed E-state index contributed by atoms with van der Waals surface area (Å²) in [5.74, 6) is -0.0344. The molecule has 2 aromatic carbocycles. The molecular formula is C21H25ClN2O3S. The van der Waals surface area contributed by atoms with Crippen LogP contribution in [0.25, 0.3) is 0 Å². The molecule has 3 rings (SSSR count). The van der Waals surface area contributed by atoms with Gasteiger partial charge in [-0.2, -0.15) is 4.31 Å². The predicted molar refractivity (Wildman–Crippen MR) is 111 cm³/mol. The van der Waals surface area contributed by atoms with Gasteiger partial charge in [-0.05, 0) is 43.5 Å². The van der Waals surface area contributed by atoms with Crippen molar-refractivity contribution in [3.8, 4) is 0 Å². The third kappa shape index (κ3) is 4.24. The van der Waals surface area contributed by atoms with Gasteiger partial charge in [-0.1, -0.05) is 47.5 Å². The summed E-state index contributed by atoms with van der Waals surface area (Å²) in [7, 11) is -3.58. The van der Waals surface area contributed by atoms with Crippen molar-refractivity contribution in [1.82, 2.24) is 9.21 Å². The SMILES string of the molecule is Cc1cc(C)c(S(=O)(=O)N2CCN(C(=O)Cc3ccccc3Cl)CC2)c(C)c1. The summed E-state index contributed by atoms with van der Waals surface area (Å²) in [5, 5.41) is 0.572. The number of amides is 1. The van der Waals surface area contributed by atoms with E-state index in [1.807, 2.05) is 51.1 Å². The third-order valence-electron chi connectivity index (χ3n) is 5.09. The maximum atomic E-state index is 13.2. The van der Waals surface area contributed by atoms with Gasteiger partial charge < -0.3 is 4.90 Å². The Morgan fingerprint density at radius 2 is 1.57 bits per heavy atom. The maximum Gasteiger partial charge on any atom is 0.243 e. The minimum absolute atomic E-state index is 0.0344. The van der Waals surface area contributed by atoms with Crippen LogP contribution in [-0.4, -0.2) is 49.7 Å². The highest BCUT2D eigenvalue weighted by atomic mass is 35.5. The van der Waals surface area contributed by atoms with Crippen molar-refractivity contribution in [2.45, 2.75) is 32.1 Å². The summed E-state index contributed by atoms with van der Waals surface area (Å²) < 4.78 is 27.8. The number of rotatable bonds is 4. The van der Waals surface area contributed by atoms with E-state index in [0.717, 1.165) is 22.3 Å². The quantitative estimate of drug-likeness (QED) is 0.762. The van der Waals surface area contributed by atoms with Crippen LogP contribution in [0.15, 0.2) is 41.3 Å². The monoisotopic (exact) mass is 420 g/mol. The number of halogens is 1. The van der Waals surface area contributed by atoms with Crippen molar-refractivity contribution < 1.29 is 13.2 Å². The molecule has 0 radical (unpaired) electrons. The van der Waals surface area contributed by atoms with Crippen molar-refractivity contribution in [3.63, 3.8) is 0 Å². The normalized spacial score (nSPS) is 15.6. The molecule has 2 aromatic rings. The molecule has 0 N–H and O–H groups in total. The van der Waals surface area contributed by atoms with Gasteiger partial charge in [0.1, 0.15) is 0 Å². The molecule has 0 aromatic heterocycles. The maximum absolute atomic E-state index is 13.2. The van der Waals surface area contributed by atoms with Crippen molar-refractivity contribution in [2.75, 3.05) is 26.2 Å². The van der Waals surface area contributed by atoms with Crippen LogP contribution in [0.4, 0.5) is 0 Å². The Morgan fingerprint density at radius 1 is 1.00 bits per heavy atom. The molecular weight excluding hydrogens is 396 g/mol. The lowest BCUT2D eigenvalue weighted by molar-refractivity contribution is -0.131. The van der Waals surface area contributed by atoms with Crippen molar-refractivity contribution in [1.29, 1.82) is 0 Å². The molecule has 1 fully saturated rings. The average molecular weight is 421 g/mol. The van der Waals surface area contributed by atoms with E-state index in [4.69, 9.17) is 11.6 Å². The topological polar surface area (TPSA) is 57.7 Å².